The summed E-state index contributed by atoms with van der Waals surface area (Å²) in [6.45, 7) is 4.06. The highest BCUT2D eigenvalue weighted by Gasteiger charge is 2.03. The lowest BCUT2D eigenvalue weighted by molar-refractivity contribution is -0.122. The minimum atomic E-state index is -0.0862. The second-order valence-corrected chi connectivity index (χ2v) is 3.96. The number of carbonyl (C=O) groups is 1. The Labute approximate surface area is 101 Å². The first-order chi connectivity index (χ1) is 8.11. The van der Waals surface area contributed by atoms with E-state index in [1.165, 1.54) is 6.20 Å². The summed E-state index contributed by atoms with van der Waals surface area (Å²) in [5, 5.41) is 11.6. The van der Waals surface area contributed by atoms with Gasteiger partial charge in [-0.15, -0.1) is 0 Å². The molecule has 1 aromatic rings. The van der Waals surface area contributed by atoms with Crippen LogP contribution in [0.4, 0.5) is 0 Å². The van der Waals surface area contributed by atoms with E-state index in [4.69, 9.17) is 9.84 Å². The largest absolute Gasteiger partial charge is 0.491 e. The van der Waals surface area contributed by atoms with Gasteiger partial charge in [0.25, 0.3) is 0 Å². The van der Waals surface area contributed by atoms with Crippen molar-refractivity contribution in [3.8, 4) is 5.75 Å². The van der Waals surface area contributed by atoms with Crippen LogP contribution in [0.15, 0.2) is 18.3 Å². The van der Waals surface area contributed by atoms with Gasteiger partial charge in [0, 0.05) is 6.04 Å². The zero-order chi connectivity index (χ0) is 12.7. The molecule has 0 spiro atoms. The lowest BCUT2D eigenvalue weighted by atomic mass is 10.3. The summed E-state index contributed by atoms with van der Waals surface area (Å²) in [5.74, 6) is 0.569. The molecule has 0 aliphatic rings. The molecule has 5 heteroatoms. The SMILES string of the molecule is CC(C)NC(=O)CCOc1ccc(CO)nc1. The van der Waals surface area contributed by atoms with Crippen LogP contribution in [0.2, 0.25) is 0 Å². The average molecular weight is 238 g/mol. The van der Waals surface area contributed by atoms with E-state index >= 15 is 0 Å². The average Bonchev–Trinajstić information content (AvgIpc) is 2.29. The van der Waals surface area contributed by atoms with Crippen molar-refractivity contribution in [3.05, 3.63) is 24.0 Å². The van der Waals surface area contributed by atoms with Gasteiger partial charge in [-0.2, -0.15) is 0 Å². The molecule has 17 heavy (non-hydrogen) atoms. The van der Waals surface area contributed by atoms with Crippen LogP contribution >= 0.6 is 0 Å². The van der Waals surface area contributed by atoms with Crippen molar-refractivity contribution in [2.24, 2.45) is 0 Å². The summed E-state index contributed by atoms with van der Waals surface area (Å²) >= 11 is 0. The molecule has 0 saturated heterocycles. The van der Waals surface area contributed by atoms with E-state index in [1.807, 2.05) is 13.8 Å². The minimum Gasteiger partial charge on any atom is -0.491 e. The van der Waals surface area contributed by atoms with Gasteiger partial charge in [-0.05, 0) is 26.0 Å². The van der Waals surface area contributed by atoms with Gasteiger partial charge in [0.1, 0.15) is 5.75 Å². The molecule has 0 fully saturated rings. The van der Waals surface area contributed by atoms with Crippen LogP contribution in [0.1, 0.15) is 26.0 Å². The van der Waals surface area contributed by atoms with Crippen molar-refractivity contribution in [2.75, 3.05) is 6.61 Å². The predicted octanol–water partition coefficient (Wildman–Crippen LogP) is 0.867. The third kappa shape index (κ3) is 5.31. The van der Waals surface area contributed by atoms with Crippen LogP contribution in [0.5, 0.6) is 5.75 Å². The Morgan fingerprint density at radius 3 is 2.82 bits per heavy atom. The Kier molecular flexibility index (Phi) is 5.42. The molecule has 0 aliphatic heterocycles. The molecular weight excluding hydrogens is 220 g/mol. The number of rotatable bonds is 6. The second-order valence-electron chi connectivity index (χ2n) is 3.96. The van der Waals surface area contributed by atoms with Gasteiger partial charge in [0.05, 0.1) is 31.5 Å². The van der Waals surface area contributed by atoms with E-state index in [0.717, 1.165) is 0 Å². The smallest absolute Gasteiger partial charge is 0.223 e. The summed E-state index contributed by atoms with van der Waals surface area (Å²) in [6.07, 6.45) is 1.85. The summed E-state index contributed by atoms with van der Waals surface area (Å²) < 4.78 is 5.35. The Bertz CT molecular complexity index is 349. The quantitative estimate of drug-likeness (QED) is 0.771. The van der Waals surface area contributed by atoms with E-state index < -0.39 is 0 Å². The zero-order valence-electron chi connectivity index (χ0n) is 10.1. The van der Waals surface area contributed by atoms with Crippen LogP contribution in [0, 0.1) is 0 Å². The van der Waals surface area contributed by atoms with Crippen molar-refractivity contribution in [1.29, 1.82) is 0 Å². The molecular formula is C12H18N2O3. The van der Waals surface area contributed by atoms with Gasteiger partial charge in [0.15, 0.2) is 0 Å². The Balaban J connectivity index is 2.28. The maximum atomic E-state index is 11.3. The number of ether oxygens (including phenoxy) is 1. The fourth-order valence-electron chi connectivity index (χ4n) is 1.25. The van der Waals surface area contributed by atoms with Crippen LogP contribution in [0.3, 0.4) is 0 Å². The first-order valence-corrected chi connectivity index (χ1v) is 5.59. The first-order valence-electron chi connectivity index (χ1n) is 5.59. The summed E-state index contributed by atoms with van der Waals surface area (Å²) in [7, 11) is 0. The molecule has 5 nitrogen and oxygen atoms in total. The number of aliphatic hydroxyl groups is 1. The van der Waals surface area contributed by atoms with Gasteiger partial charge in [0.2, 0.25) is 5.91 Å². The monoisotopic (exact) mass is 238 g/mol. The number of hydrogen-bond donors (Lipinski definition) is 2. The van der Waals surface area contributed by atoms with Crippen molar-refractivity contribution < 1.29 is 14.6 Å². The molecule has 0 aliphatic carbocycles. The van der Waals surface area contributed by atoms with Crippen LogP contribution in [0.25, 0.3) is 0 Å². The number of hydrogen-bond acceptors (Lipinski definition) is 4. The third-order valence-corrected chi connectivity index (χ3v) is 2.01. The molecule has 0 radical (unpaired) electrons. The normalized spacial score (nSPS) is 10.4. The second kappa shape index (κ2) is 6.85. The molecule has 94 valence electrons. The van der Waals surface area contributed by atoms with Crippen LogP contribution < -0.4 is 10.1 Å². The van der Waals surface area contributed by atoms with Crippen LogP contribution in [-0.2, 0) is 11.4 Å². The van der Waals surface area contributed by atoms with E-state index in [-0.39, 0.29) is 18.6 Å². The molecule has 0 atom stereocenters. The summed E-state index contributed by atoms with van der Waals surface area (Å²) in [5.41, 5.74) is 0.593. The minimum absolute atomic E-state index is 0.0278. The molecule has 0 aromatic carbocycles. The molecule has 0 saturated carbocycles. The number of nitrogens with one attached hydrogen (secondary N) is 1. The van der Waals surface area contributed by atoms with E-state index in [9.17, 15) is 4.79 Å². The number of carbonyl (C=O) groups excluding carboxylic acids is 1. The molecule has 1 heterocycles. The fraction of sp³-hybridized carbons (Fsp3) is 0.500. The molecule has 1 amide bonds. The summed E-state index contributed by atoms with van der Waals surface area (Å²) in [4.78, 5) is 15.3. The third-order valence-electron chi connectivity index (χ3n) is 2.01. The first kappa shape index (κ1) is 13.4. The molecule has 1 rings (SSSR count). The topological polar surface area (TPSA) is 71.5 Å². The Morgan fingerprint density at radius 1 is 1.53 bits per heavy atom. The molecule has 1 aromatic heterocycles. The van der Waals surface area contributed by atoms with Gasteiger partial charge < -0.3 is 15.2 Å². The lowest BCUT2D eigenvalue weighted by Gasteiger charge is -2.09. The number of amides is 1. The highest BCUT2D eigenvalue weighted by Crippen LogP contribution is 2.09. The highest BCUT2D eigenvalue weighted by molar-refractivity contribution is 5.76. The van der Waals surface area contributed by atoms with Gasteiger partial charge in [-0.3, -0.25) is 9.78 Å². The van der Waals surface area contributed by atoms with Crippen molar-refractivity contribution in [1.82, 2.24) is 10.3 Å². The van der Waals surface area contributed by atoms with Crippen molar-refractivity contribution in [2.45, 2.75) is 32.9 Å². The van der Waals surface area contributed by atoms with E-state index in [1.54, 1.807) is 12.1 Å². The lowest BCUT2D eigenvalue weighted by Crippen LogP contribution is -2.31. The zero-order valence-corrected chi connectivity index (χ0v) is 10.1. The number of aliphatic hydroxyl groups excluding tert-OH is 1. The summed E-state index contributed by atoms with van der Waals surface area (Å²) in [6, 6.07) is 3.55. The number of nitrogens with zero attached hydrogens (tertiary/aromatic N) is 1. The number of pyridine rings is 1. The highest BCUT2D eigenvalue weighted by atomic mass is 16.5. The van der Waals surface area contributed by atoms with Gasteiger partial charge >= 0.3 is 0 Å². The van der Waals surface area contributed by atoms with Crippen molar-refractivity contribution >= 4 is 5.91 Å². The maximum Gasteiger partial charge on any atom is 0.223 e. The molecule has 0 unspecified atom stereocenters. The van der Waals surface area contributed by atoms with E-state index in [0.29, 0.717) is 24.5 Å². The molecule has 2 N–H and O–H groups in total. The van der Waals surface area contributed by atoms with Crippen molar-refractivity contribution in [3.63, 3.8) is 0 Å². The van der Waals surface area contributed by atoms with Crippen LogP contribution in [-0.4, -0.2) is 28.6 Å². The van der Waals surface area contributed by atoms with Gasteiger partial charge in [-0.1, -0.05) is 0 Å². The number of aromatic nitrogens is 1. The Hall–Kier alpha value is -1.62. The standard InChI is InChI=1S/C12H18N2O3/c1-9(2)14-12(16)5-6-17-11-4-3-10(8-15)13-7-11/h3-4,7,9,15H,5-6,8H2,1-2H3,(H,14,16). The van der Waals surface area contributed by atoms with E-state index in [2.05, 4.69) is 10.3 Å². The Morgan fingerprint density at radius 2 is 2.29 bits per heavy atom. The maximum absolute atomic E-state index is 11.3. The fourth-order valence-corrected chi connectivity index (χ4v) is 1.25. The predicted molar refractivity (Wildman–Crippen MR) is 63.6 cm³/mol. The van der Waals surface area contributed by atoms with Gasteiger partial charge in [-0.25, -0.2) is 0 Å². The molecule has 0 bridgehead atoms.